The highest BCUT2D eigenvalue weighted by Gasteiger charge is 2.64. The summed E-state index contributed by atoms with van der Waals surface area (Å²) in [5.74, 6) is -1.88. The van der Waals surface area contributed by atoms with Gasteiger partial charge in [0, 0.05) is 12.5 Å². The summed E-state index contributed by atoms with van der Waals surface area (Å²) in [4.78, 5) is 12.1. The summed E-state index contributed by atoms with van der Waals surface area (Å²) in [5, 5.41) is 72.2. The number of aromatic hydroxyl groups is 1. The molecule has 1 aliphatic carbocycles. The average molecular weight is 510 g/mol. The van der Waals surface area contributed by atoms with Gasteiger partial charge in [0.05, 0.1) is 23.9 Å². The van der Waals surface area contributed by atoms with Gasteiger partial charge in [0.1, 0.15) is 42.4 Å². The van der Waals surface area contributed by atoms with Crippen molar-refractivity contribution in [2.24, 2.45) is 5.92 Å². The van der Waals surface area contributed by atoms with Crippen molar-refractivity contribution in [2.45, 2.75) is 67.6 Å². The number of phenolic OH excluding ortho intramolecular Hbond substituents is 1. The summed E-state index contributed by atoms with van der Waals surface area (Å²) in [6.45, 7) is 0.890. The van der Waals surface area contributed by atoms with Gasteiger partial charge in [-0.25, -0.2) is 4.79 Å². The molecule has 1 aromatic rings. The first kappa shape index (κ1) is 26.5. The Hall–Kier alpha value is -2.55. The molecule has 2 heterocycles. The highest BCUT2D eigenvalue weighted by atomic mass is 16.8. The standard InChI is InChI=1S/C24H30O12/c1-23(31)10-15(26)24(32)8-9-33-22(20(23)24)36-21-19(30)18(29)17(28)14(35-21)11-34-16(27)7-4-12-2-5-13(25)6-3-12/h2-9,14-15,17-22,25-26,28-32H,10-11H2,1H3/t14-,15-,17-,18+,19-,20-,21+,22+,23+,24-/m1/s1. The van der Waals surface area contributed by atoms with E-state index in [0.717, 1.165) is 12.3 Å². The van der Waals surface area contributed by atoms with Crippen molar-refractivity contribution in [1.82, 2.24) is 0 Å². The van der Waals surface area contributed by atoms with Crippen LogP contribution in [0.3, 0.4) is 0 Å². The highest BCUT2D eigenvalue weighted by Crippen LogP contribution is 2.49. The topological polar surface area (TPSA) is 196 Å². The van der Waals surface area contributed by atoms with Gasteiger partial charge in [-0.2, -0.15) is 0 Å². The summed E-state index contributed by atoms with van der Waals surface area (Å²) < 4.78 is 21.7. The van der Waals surface area contributed by atoms with Crippen LogP contribution in [0.25, 0.3) is 6.08 Å². The van der Waals surface area contributed by atoms with Crippen LogP contribution in [0.2, 0.25) is 0 Å². The summed E-state index contributed by atoms with van der Waals surface area (Å²) in [6, 6.07) is 6.05. The molecule has 0 unspecified atom stereocenters. The molecule has 4 rings (SSSR count). The number of benzene rings is 1. The van der Waals surface area contributed by atoms with Crippen molar-refractivity contribution in [2.75, 3.05) is 6.61 Å². The maximum atomic E-state index is 12.1. The number of rotatable bonds is 6. The molecule has 1 aromatic carbocycles. The largest absolute Gasteiger partial charge is 0.508 e. The Morgan fingerprint density at radius 2 is 1.78 bits per heavy atom. The number of carbonyl (C=O) groups is 1. The molecule has 2 aliphatic heterocycles. The lowest BCUT2D eigenvalue weighted by molar-refractivity contribution is -0.351. The fourth-order valence-corrected chi connectivity index (χ4v) is 4.79. The minimum Gasteiger partial charge on any atom is -0.508 e. The second kappa shape index (κ2) is 10.1. The normalized spacial score (nSPS) is 42.2. The van der Waals surface area contributed by atoms with Crippen LogP contribution in [0, 0.1) is 5.92 Å². The Bertz CT molecular complexity index is 991. The molecule has 1 saturated carbocycles. The van der Waals surface area contributed by atoms with Crippen molar-refractivity contribution < 1.29 is 59.5 Å². The lowest BCUT2D eigenvalue weighted by Crippen LogP contribution is -2.62. The number of hydrogen-bond acceptors (Lipinski definition) is 12. The first-order valence-corrected chi connectivity index (χ1v) is 11.4. The van der Waals surface area contributed by atoms with Gasteiger partial charge in [-0.3, -0.25) is 0 Å². The predicted octanol–water partition coefficient (Wildman–Crippen LogP) is -1.49. The van der Waals surface area contributed by atoms with Crippen LogP contribution >= 0.6 is 0 Å². The predicted molar refractivity (Wildman–Crippen MR) is 120 cm³/mol. The van der Waals surface area contributed by atoms with Gasteiger partial charge in [-0.05, 0) is 36.8 Å². The zero-order valence-electron chi connectivity index (χ0n) is 19.3. The molecular weight excluding hydrogens is 480 g/mol. The van der Waals surface area contributed by atoms with Crippen LogP contribution in [-0.2, 0) is 23.7 Å². The second-order valence-corrected chi connectivity index (χ2v) is 9.45. The summed E-state index contributed by atoms with van der Waals surface area (Å²) in [7, 11) is 0. The van der Waals surface area contributed by atoms with Crippen molar-refractivity contribution >= 4 is 12.0 Å². The van der Waals surface area contributed by atoms with E-state index in [9.17, 15) is 40.5 Å². The first-order valence-electron chi connectivity index (χ1n) is 11.4. The number of fused-ring (bicyclic) bond motifs is 1. The van der Waals surface area contributed by atoms with Gasteiger partial charge in [-0.15, -0.1) is 0 Å². The number of aliphatic hydroxyl groups is 6. The van der Waals surface area contributed by atoms with E-state index in [1.54, 1.807) is 12.1 Å². The molecular formula is C24H30O12. The van der Waals surface area contributed by atoms with Crippen LogP contribution in [-0.4, -0.2) is 103 Å². The Kier molecular flexibility index (Phi) is 7.42. The summed E-state index contributed by atoms with van der Waals surface area (Å²) in [5.41, 5.74) is -2.86. The second-order valence-electron chi connectivity index (χ2n) is 9.45. The van der Waals surface area contributed by atoms with E-state index < -0.39 is 72.8 Å². The minimum absolute atomic E-state index is 0.0720. The SMILES string of the molecule is C[C@]1(O)C[C@@H](O)[C@]2(O)C=CO[C@@H](O[C@@H]3O[C@H](COC(=O)C=Cc4ccc(O)cc4)[C@@H](O)[C@H](O)[C@H]3O)[C@@H]21. The van der Waals surface area contributed by atoms with Crippen LogP contribution < -0.4 is 0 Å². The number of aliphatic hydroxyl groups excluding tert-OH is 4. The molecule has 3 aliphatic rings. The Morgan fingerprint density at radius 3 is 2.47 bits per heavy atom. The number of esters is 1. The fourth-order valence-electron chi connectivity index (χ4n) is 4.79. The van der Waals surface area contributed by atoms with Gasteiger partial charge in [0.25, 0.3) is 0 Å². The van der Waals surface area contributed by atoms with E-state index in [-0.39, 0.29) is 12.2 Å². The average Bonchev–Trinajstić information content (AvgIpc) is 3.02. The van der Waals surface area contributed by atoms with Crippen molar-refractivity contribution in [1.29, 1.82) is 0 Å². The Morgan fingerprint density at radius 1 is 1.08 bits per heavy atom. The van der Waals surface area contributed by atoms with Crippen LogP contribution in [0.1, 0.15) is 18.9 Å². The third kappa shape index (κ3) is 5.12. The van der Waals surface area contributed by atoms with E-state index in [2.05, 4.69) is 0 Å². The van der Waals surface area contributed by atoms with E-state index in [0.29, 0.717) is 5.56 Å². The maximum absolute atomic E-state index is 12.1. The molecule has 198 valence electrons. The lowest BCUT2D eigenvalue weighted by Gasteiger charge is -2.45. The maximum Gasteiger partial charge on any atom is 0.330 e. The Balaban J connectivity index is 1.40. The van der Waals surface area contributed by atoms with Crippen molar-refractivity contribution in [3.63, 3.8) is 0 Å². The molecule has 0 spiro atoms. The molecule has 0 aromatic heterocycles. The fraction of sp³-hybridized carbons (Fsp3) is 0.542. The van der Waals surface area contributed by atoms with Gasteiger partial charge in [0.15, 0.2) is 6.29 Å². The molecule has 0 radical (unpaired) electrons. The number of hydrogen-bond donors (Lipinski definition) is 7. The molecule has 7 N–H and O–H groups in total. The number of carbonyl (C=O) groups excluding carboxylic acids is 1. The number of ether oxygens (including phenoxy) is 4. The highest BCUT2D eigenvalue weighted by molar-refractivity contribution is 5.87. The quantitative estimate of drug-likeness (QED) is 0.173. The van der Waals surface area contributed by atoms with Gasteiger partial charge < -0.3 is 54.7 Å². The third-order valence-electron chi connectivity index (χ3n) is 6.76. The Labute approximate surface area is 206 Å². The van der Waals surface area contributed by atoms with Gasteiger partial charge >= 0.3 is 5.97 Å². The van der Waals surface area contributed by atoms with E-state index >= 15 is 0 Å². The number of phenols is 1. The molecule has 1 saturated heterocycles. The van der Waals surface area contributed by atoms with E-state index in [4.69, 9.17) is 18.9 Å². The summed E-state index contributed by atoms with van der Waals surface area (Å²) >= 11 is 0. The zero-order valence-corrected chi connectivity index (χ0v) is 19.3. The van der Waals surface area contributed by atoms with Gasteiger partial charge in [-0.1, -0.05) is 12.1 Å². The molecule has 12 nitrogen and oxygen atoms in total. The van der Waals surface area contributed by atoms with Crippen molar-refractivity contribution in [3.8, 4) is 5.75 Å². The van der Waals surface area contributed by atoms with Crippen molar-refractivity contribution in [3.05, 3.63) is 48.2 Å². The smallest absolute Gasteiger partial charge is 0.330 e. The molecule has 10 atom stereocenters. The molecule has 0 bridgehead atoms. The zero-order chi connectivity index (χ0) is 26.3. The molecule has 36 heavy (non-hydrogen) atoms. The molecule has 12 heteroatoms. The van der Waals surface area contributed by atoms with E-state index in [1.807, 2.05) is 0 Å². The summed E-state index contributed by atoms with van der Waals surface area (Å²) in [6.07, 6.45) is -6.05. The van der Waals surface area contributed by atoms with Gasteiger partial charge in [0.2, 0.25) is 6.29 Å². The van der Waals surface area contributed by atoms with Crippen LogP contribution in [0.5, 0.6) is 5.75 Å². The van der Waals surface area contributed by atoms with E-state index in [1.165, 1.54) is 31.2 Å². The monoisotopic (exact) mass is 510 g/mol. The molecule has 0 amide bonds. The molecule has 2 fully saturated rings. The van der Waals surface area contributed by atoms with Crippen LogP contribution in [0.4, 0.5) is 0 Å². The third-order valence-corrected chi connectivity index (χ3v) is 6.76. The van der Waals surface area contributed by atoms with Crippen LogP contribution in [0.15, 0.2) is 42.7 Å². The minimum atomic E-state index is -1.87. The lowest BCUT2D eigenvalue weighted by atomic mass is 9.81. The first-order chi connectivity index (χ1) is 16.9.